The van der Waals surface area contributed by atoms with Gasteiger partial charge in [0.05, 0.1) is 11.1 Å². The first-order chi connectivity index (χ1) is 9.44. The molecule has 0 spiro atoms. The fourth-order valence-electron chi connectivity index (χ4n) is 1.65. The van der Waals surface area contributed by atoms with Gasteiger partial charge in [0, 0.05) is 24.4 Å². The topological polar surface area (TPSA) is 17.1 Å². The van der Waals surface area contributed by atoms with E-state index in [2.05, 4.69) is 0 Å². The summed E-state index contributed by atoms with van der Waals surface area (Å²) in [5, 5.41) is 0. The summed E-state index contributed by atoms with van der Waals surface area (Å²) < 4.78 is 77.2. The molecule has 0 heterocycles. The number of hydrogen-bond donors (Lipinski definition) is 0. The Balaban J connectivity index is 0.00000441. The van der Waals surface area contributed by atoms with Crippen LogP contribution in [0.1, 0.15) is 35.3 Å². The van der Waals surface area contributed by atoms with E-state index in [-0.39, 0.29) is 30.9 Å². The number of alkyl halides is 6. The molecule has 0 fully saturated rings. The fraction of sp³-hybridized carbons (Fsp3) is 0.462. The summed E-state index contributed by atoms with van der Waals surface area (Å²) in [5.74, 6) is 0.0136. The van der Waals surface area contributed by atoms with E-state index in [1.54, 1.807) is 13.8 Å². The van der Waals surface area contributed by atoms with Crippen LogP contribution in [0, 0.1) is 5.92 Å². The quantitative estimate of drug-likeness (QED) is 0.437. The van der Waals surface area contributed by atoms with Crippen molar-refractivity contribution in [3.63, 3.8) is 0 Å². The Morgan fingerprint density at radius 3 is 1.77 bits per heavy atom. The second kappa shape index (κ2) is 7.85. The minimum Gasteiger partial charge on any atom is -0.289 e. The van der Waals surface area contributed by atoms with Gasteiger partial charge in [0.15, 0.2) is 5.52 Å². The van der Waals surface area contributed by atoms with E-state index < -0.39 is 43.1 Å². The van der Waals surface area contributed by atoms with Gasteiger partial charge in [-0.25, -0.2) is 0 Å². The Kier molecular flexibility index (Phi) is 7.67. The SMILES string of the molecule is CC(C)CPC(=O)c1c(C(F)(F)F)cccc1C(F)(F)F.[Li]. The van der Waals surface area contributed by atoms with Crippen molar-refractivity contribution in [1.29, 1.82) is 0 Å². The van der Waals surface area contributed by atoms with Gasteiger partial charge in [-0.1, -0.05) is 19.9 Å². The van der Waals surface area contributed by atoms with E-state index in [1.165, 1.54) is 0 Å². The van der Waals surface area contributed by atoms with Crippen LogP contribution in [0.3, 0.4) is 0 Å². The molecule has 0 aliphatic carbocycles. The molecular weight excluding hydrogens is 324 g/mol. The molecule has 1 nitrogen and oxygen atoms in total. The van der Waals surface area contributed by atoms with Crippen molar-refractivity contribution in [2.45, 2.75) is 26.2 Å². The van der Waals surface area contributed by atoms with Gasteiger partial charge >= 0.3 is 12.4 Å². The number of carbonyl (C=O) groups is 1. The van der Waals surface area contributed by atoms with E-state index in [1.807, 2.05) is 0 Å². The predicted octanol–water partition coefficient (Wildman–Crippen LogP) is 4.82. The summed E-state index contributed by atoms with van der Waals surface area (Å²) in [4.78, 5) is 11.9. The first kappa shape index (κ1) is 21.5. The summed E-state index contributed by atoms with van der Waals surface area (Å²) >= 11 is 0. The second-order valence-electron chi connectivity index (χ2n) is 4.83. The molecule has 9 heteroatoms. The number of rotatable bonds is 4. The van der Waals surface area contributed by atoms with Crippen molar-refractivity contribution >= 4 is 33.0 Å². The van der Waals surface area contributed by atoms with Gasteiger partial charge in [0.2, 0.25) is 0 Å². The van der Waals surface area contributed by atoms with Crippen molar-refractivity contribution < 1.29 is 31.1 Å². The first-order valence-corrected chi connectivity index (χ1v) is 7.21. The van der Waals surface area contributed by atoms with Gasteiger partial charge in [-0.3, -0.25) is 4.79 Å². The maximum atomic E-state index is 12.9. The van der Waals surface area contributed by atoms with Gasteiger partial charge in [-0.15, -0.1) is 0 Å². The van der Waals surface area contributed by atoms with Crippen LogP contribution >= 0.6 is 8.58 Å². The molecule has 1 unspecified atom stereocenters. The zero-order valence-electron chi connectivity index (χ0n) is 12.2. The molecule has 1 radical (unpaired) electrons. The van der Waals surface area contributed by atoms with E-state index in [0.29, 0.717) is 18.2 Å². The smallest absolute Gasteiger partial charge is 0.289 e. The van der Waals surface area contributed by atoms with Crippen molar-refractivity contribution in [1.82, 2.24) is 0 Å². The summed E-state index contributed by atoms with van der Waals surface area (Å²) in [6, 6.07) is 1.67. The van der Waals surface area contributed by atoms with Gasteiger partial charge in [-0.05, 0) is 32.8 Å². The third-order valence-corrected chi connectivity index (χ3v) is 4.16. The molecule has 1 aromatic rings. The number of benzene rings is 1. The number of halogens is 6. The van der Waals surface area contributed by atoms with Crippen LogP contribution in [0.25, 0.3) is 0 Å². The van der Waals surface area contributed by atoms with Crippen LogP contribution in [-0.4, -0.2) is 30.5 Å². The van der Waals surface area contributed by atoms with Crippen LogP contribution in [0.5, 0.6) is 0 Å². The van der Waals surface area contributed by atoms with Crippen LogP contribution in [0.4, 0.5) is 26.3 Å². The maximum absolute atomic E-state index is 12.9. The molecule has 0 amide bonds. The van der Waals surface area contributed by atoms with Gasteiger partial charge in [-0.2, -0.15) is 26.3 Å². The molecule has 0 bridgehead atoms. The summed E-state index contributed by atoms with van der Waals surface area (Å²) in [6.45, 7) is 3.47. The zero-order valence-corrected chi connectivity index (χ0v) is 13.2. The minimum absolute atomic E-state index is 0. The minimum atomic E-state index is -5.01. The van der Waals surface area contributed by atoms with Crippen LogP contribution < -0.4 is 0 Å². The molecule has 1 rings (SSSR count). The van der Waals surface area contributed by atoms with Crippen molar-refractivity contribution in [3.8, 4) is 0 Å². The molecule has 0 saturated carbocycles. The molecule has 22 heavy (non-hydrogen) atoms. The first-order valence-electron chi connectivity index (χ1n) is 6.00. The van der Waals surface area contributed by atoms with Crippen LogP contribution in [0.15, 0.2) is 18.2 Å². The molecule has 1 atom stereocenters. The Morgan fingerprint density at radius 2 is 1.45 bits per heavy atom. The molecule has 0 aromatic heterocycles. The summed E-state index contributed by atoms with van der Waals surface area (Å²) in [7, 11) is -0.624. The zero-order chi connectivity index (χ0) is 16.4. The molecule has 0 aliphatic heterocycles. The molecule has 0 aliphatic rings. The number of carbonyl (C=O) groups excluding carboxylic acids is 1. The molecular formula is C13H13F6LiOP. The van der Waals surface area contributed by atoms with Gasteiger partial charge < -0.3 is 0 Å². The summed E-state index contributed by atoms with van der Waals surface area (Å²) in [5.41, 5.74) is -5.43. The molecule has 0 saturated heterocycles. The van der Waals surface area contributed by atoms with Crippen LogP contribution in [-0.2, 0) is 12.4 Å². The molecule has 1 aromatic carbocycles. The molecule has 0 N–H and O–H groups in total. The van der Waals surface area contributed by atoms with Crippen LogP contribution in [0.2, 0.25) is 0 Å². The van der Waals surface area contributed by atoms with E-state index in [0.717, 1.165) is 0 Å². The van der Waals surface area contributed by atoms with Crippen molar-refractivity contribution in [3.05, 3.63) is 34.9 Å². The van der Waals surface area contributed by atoms with E-state index in [4.69, 9.17) is 0 Å². The Labute approximate surface area is 137 Å². The molecule has 119 valence electrons. The standard InChI is InChI=1S/C13H13F6OP.Li/c1-7(2)6-21-11(20)10-8(12(14,15)16)4-3-5-9(10)13(17,18)19;/h3-5,7,21H,6H2,1-2H3;. The Hall–Kier alpha value is -0.503. The fourth-order valence-corrected chi connectivity index (χ4v) is 2.69. The van der Waals surface area contributed by atoms with Gasteiger partial charge in [0.25, 0.3) is 0 Å². The van der Waals surface area contributed by atoms with Gasteiger partial charge in [0.1, 0.15) is 0 Å². The largest absolute Gasteiger partial charge is 0.417 e. The average molecular weight is 337 g/mol. The third-order valence-electron chi connectivity index (χ3n) is 2.57. The Morgan fingerprint density at radius 1 is 1.05 bits per heavy atom. The summed E-state index contributed by atoms with van der Waals surface area (Å²) in [6.07, 6.45) is -9.76. The monoisotopic (exact) mass is 337 g/mol. The number of hydrogen-bond acceptors (Lipinski definition) is 1. The van der Waals surface area contributed by atoms with Crippen molar-refractivity contribution in [2.24, 2.45) is 5.92 Å². The Bertz CT molecular complexity index is 492. The normalized spacial score (nSPS) is 12.8. The predicted molar refractivity (Wildman–Crippen MR) is 74.6 cm³/mol. The second-order valence-corrected chi connectivity index (χ2v) is 6.04. The third kappa shape index (κ3) is 5.61. The maximum Gasteiger partial charge on any atom is 0.417 e. The average Bonchev–Trinajstić information content (AvgIpc) is 2.32. The van der Waals surface area contributed by atoms with E-state index >= 15 is 0 Å². The van der Waals surface area contributed by atoms with Crippen molar-refractivity contribution in [2.75, 3.05) is 6.16 Å². The van der Waals surface area contributed by atoms with E-state index in [9.17, 15) is 31.1 Å².